The highest BCUT2D eigenvalue weighted by atomic mass is 16.5. The molecule has 2 aromatic rings. The van der Waals surface area contributed by atoms with Gasteiger partial charge in [0.25, 0.3) is 0 Å². The zero-order valence-electron chi connectivity index (χ0n) is 13.8. The zero-order valence-corrected chi connectivity index (χ0v) is 13.8. The first-order valence-electron chi connectivity index (χ1n) is 8.05. The van der Waals surface area contributed by atoms with Gasteiger partial charge >= 0.3 is 0 Å². The van der Waals surface area contributed by atoms with Crippen molar-refractivity contribution < 1.29 is 4.74 Å². The largest absolute Gasteiger partial charge is 0.481 e. The lowest BCUT2D eigenvalue weighted by Crippen LogP contribution is -2.40. The Kier molecular flexibility index (Phi) is 5.07. The molecule has 0 amide bonds. The number of likely N-dealkylation sites (tertiary alicyclic amines) is 1. The standard InChI is InChI=1S/C16H24N6O/c1-21-10-6-17-15(21)5-9-22-7-3-13(4-8-22)20-14-11-16(23-2)19-12-18-14/h6,10-13H,3-5,7-9H2,1-2H3,(H,18,19,20). The van der Waals surface area contributed by atoms with E-state index in [1.165, 1.54) is 6.33 Å². The number of nitrogens with zero attached hydrogens (tertiary/aromatic N) is 5. The van der Waals surface area contributed by atoms with Crippen molar-refractivity contribution in [3.05, 3.63) is 30.6 Å². The monoisotopic (exact) mass is 316 g/mol. The van der Waals surface area contributed by atoms with Gasteiger partial charge in [0.2, 0.25) is 5.88 Å². The number of hydrogen-bond donors (Lipinski definition) is 1. The van der Waals surface area contributed by atoms with Crippen molar-refractivity contribution >= 4 is 5.82 Å². The van der Waals surface area contributed by atoms with Gasteiger partial charge < -0.3 is 19.5 Å². The lowest BCUT2D eigenvalue weighted by molar-refractivity contribution is 0.219. The SMILES string of the molecule is COc1cc(NC2CCN(CCc3nccn3C)CC2)ncn1. The molecular formula is C16H24N6O. The summed E-state index contributed by atoms with van der Waals surface area (Å²) in [4.78, 5) is 15.2. The van der Waals surface area contributed by atoms with Crippen LogP contribution in [0.3, 0.4) is 0 Å². The summed E-state index contributed by atoms with van der Waals surface area (Å²) in [6.45, 7) is 3.27. The van der Waals surface area contributed by atoms with E-state index in [1.54, 1.807) is 7.11 Å². The summed E-state index contributed by atoms with van der Waals surface area (Å²) in [5.74, 6) is 2.58. The Bertz CT molecular complexity index is 621. The number of hydrogen-bond acceptors (Lipinski definition) is 6. The molecule has 3 heterocycles. The first-order valence-corrected chi connectivity index (χ1v) is 8.05. The van der Waals surface area contributed by atoms with Crippen molar-refractivity contribution in [1.29, 1.82) is 0 Å². The Labute approximate surface area is 136 Å². The van der Waals surface area contributed by atoms with Crippen LogP contribution in [-0.2, 0) is 13.5 Å². The molecule has 0 aromatic carbocycles. The molecule has 7 heteroatoms. The Balaban J connectivity index is 1.44. The van der Waals surface area contributed by atoms with Gasteiger partial charge in [-0.25, -0.2) is 15.0 Å². The molecule has 1 N–H and O–H groups in total. The molecule has 1 saturated heterocycles. The maximum Gasteiger partial charge on any atom is 0.218 e. The third kappa shape index (κ3) is 4.19. The number of nitrogens with one attached hydrogen (secondary N) is 1. The summed E-state index contributed by atoms with van der Waals surface area (Å²) < 4.78 is 7.22. The Morgan fingerprint density at radius 2 is 2.09 bits per heavy atom. The Morgan fingerprint density at radius 1 is 1.26 bits per heavy atom. The summed E-state index contributed by atoms with van der Waals surface area (Å²) in [6.07, 6.45) is 8.64. The maximum atomic E-state index is 5.13. The van der Waals surface area contributed by atoms with Gasteiger partial charge in [-0.05, 0) is 12.8 Å². The Hall–Kier alpha value is -2.15. The molecule has 0 spiro atoms. The van der Waals surface area contributed by atoms with E-state index in [0.717, 1.165) is 50.5 Å². The number of aromatic nitrogens is 4. The van der Waals surface area contributed by atoms with Crippen molar-refractivity contribution in [2.75, 3.05) is 32.1 Å². The van der Waals surface area contributed by atoms with Gasteiger partial charge in [-0.2, -0.15) is 0 Å². The number of piperidine rings is 1. The van der Waals surface area contributed by atoms with E-state index in [9.17, 15) is 0 Å². The van der Waals surface area contributed by atoms with Crippen molar-refractivity contribution in [2.45, 2.75) is 25.3 Å². The molecule has 0 saturated carbocycles. The zero-order chi connectivity index (χ0) is 16.1. The van der Waals surface area contributed by atoms with Gasteiger partial charge in [0.15, 0.2) is 0 Å². The van der Waals surface area contributed by atoms with Gasteiger partial charge in [-0.3, -0.25) is 0 Å². The smallest absolute Gasteiger partial charge is 0.218 e. The molecule has 1 aliphatic rings. The number of rotatable bonds is 6. The fourth-order valence-corrected chi connectivity index (χ4v) is 2.94. The molecule has 0 aliphatic carbocycles. The van der Waals surface area contributed by atoms with Gasteiger partial charge in [-0.15, -0.1) is 0 Å². The molecule has 1 aliphatic heterocycles. The second-order valence-corrected chi connectivity index (χ2v) is 5.91. The number of methoxy groups -OCH3 is 1. The van der Waals surface area contributed by atoms with Crippen LogP contribution in [0, 0.1) is 0 Å². The van der Waals surface area contributed by atoms with Crippen LogP contribution >= 0.6 is 0 Å². The molecule has 7 nitrogen and oxygen atoms in total. The number of anilines is 1. The van der Waals surface area contributed by atoms with Crippen LogP contribution in [0.4, 0.5) is 5.82 Å². The van der Waals surface area contributed by atoms with Crippen LogP contribution in [-0.4, -0.2) is 57.2 Å². The molecule has 23 heavy (non-hydrogen) atoms. The lowest BCUT2D eigenvalue weighted by atomic mass is 10.0. The summed E-state index contributed by atoms with van der Waals surface area (Å²) in [6, 6.07) is 2.30. The molecule has 0 radical (unpaired) electrons. The summed E-state index contributed by atoms with van der Waals surface area (Å²) in [5, 5.41) is 3.48. The predicted octanol–water partition coefficient (Wildman–Crippen LogP) is 1.34. The maximum absolute atomic E-state index is 5.13. The van der Waals surface area contributed by atoms with E-state index in [0.29, 0.717) is 11.9 Å². The van der Waals surface area contributed by atoms with E-state index in [2.05, 4.69) is 36.8 Å². The fourth-order valence-electron chi connectivity index (χ4n) is 2.94. The minimum absolute atomic E-state index is 0.457. The van der Waals surface area contributed by atoms with Gasteiger partial charge in [0, 0.05) is 57.6 Å². The second kappa shape index (κ2) is 7.41. The number of ether oxygens (including phenoxy) is 1. The highest BCUT2D eigenvalue weighted by Crippen LogP contribution is 2.17. The second-order valence-electron chi connectivity index (χ2n) is 5.91. The van der Waals surface area contributed by atoms with E-state index < -0.39 is 0 Å². The summed E-state index contributed by atoms with van der Waals surface area (Å²) in [5.41, 5.74) is 0. The topological polar surface area (TPSA) is 68.1 Å². The predicted molar refractivity (Wildman–Crippen MR) is 88.6 cm³/mol. The summed E-state index contributed by atoms with van der Waals surface area (Å²) >= 11 is 0. The van der Waals surface area contributed by atoms with Gasteiger partial charge in [0.05, 0.1) is 7.11 Å². The number of aryl methyl sites for hydroxylation is 1. The molecular weight excluding hydrogens is 292 g/mol. The third-order valence-electron chi connectivity index (χ3n) is 4.36. The van der Waals surface area contributed by atoms with E-state index in [-0.39, 0.29) is 0 Å². The van der Waals surface area contributed by atoms with E-state index >= 15 is 0 Å². The first-order chi connectivity index (χ1) is 11.2. The van der Waals surface area contributed by atoms with Crippen LogP contribution in [0.25, 0.3) is 0 Å². The van der Waals surface area contributed by atoms with Crippen molar-refractivity contribution in [3.8, 4) is 5.88 Å². The average Bonchev–Trinajstić information content (AvgIpc) is 2.99. The van der Waals surface area contributed by atoms with E-state index in [4.69, 9.17) is 4.74 Å². The van der Waals surface area contributed by atoms with Crippen LogP contribution in [0.15, 0.2) is 24.8 Å². The van der Waals surface area contributed by atoms with Gasteiger partial charge in [0.1, 0.15) is 18.0 Å². The van der Waals surface area contributed by atoms with Crippen LogP contribution in [0.1, 0.15) is 18.7 Å². The van der Waals surface area contributed by atoms with Crippen molar-refractivity contribution in [2.24, 2.45) is 7.05 Å². The lowest BCUT2D eigenvalue weighted by Gasteiger charge is -2.32. The molecule has 0 bridgehead atoms. The fraction of sp³-hybridized carbons (Fsp3) is 0.562. The quantitative estimate of drug-likeness (QED) is 0.867. The Morgan fingerprint density at radius 3 is 2.78 bits per heavy atom. The molecule has 124 valence electrons. The minimum atomic E-state index is 0.457. The van der Waals surface area contributed by atoms with Crippen molar-refractivity contribution in [1.82, 2.24) is 24.4 Å². The van der Waals surface area contributed by atoms with Crippen LogP contribution in [0.2, 0.25) is 0 Å². The van der Waals surface area contributed by atoms with Crippen LogP contribution in [0.5, 0.6) is 5.88 Å². The molecule has 0 unspecified atom stereocenters. The molecule has 1 fully saturated rings. The summed E-state index contributed by atoms with van der Waals surface area (Å²) in [7, 11) is 3.67. The van der Waals surface area contributed by atoms with Gasteiger partial charge in [-0.1, -0.05) is 0 Å². The highest BCUT2D eigenvalue weighted by Gasteiger charge is 2.19. The minimum Gasteiger partial charge on any atom is -0.481 e. The highest BCUT2D eigenvalue weighted by molar-refractivity contribution is 5.38. The van der Waals surface area contributed by atoms with E-state index in [1.807, 2.05) is 18.5 Å². The third-order valence-corrected chi connectivity index (χ3v) is 4.36. The molecule has 0 atom stereocenters. The molecule has 2 aromatic heterocycles. The normalized spacial score (nSPS) is 16.4. The first kappa shape index (κ1) is 15.7. The van der Waals surface area contributed by atoms with Crippen molar-refractivity contribution in [3.63, 3.8) is 0 Å². The number of imidazole rings is 1. The molecule has 3 rings (SSSR count). The van der Waals surface area contributed by atoms with Crippen LogP contribution < -0.4 is 10.1 Å². The average molecular weight is 316 g/mol.